The number of sulfonamides is 1. The van der Waals surface area contributed by atoms with E-state index < -0.39 is 21.9 Å². The van der Waals surface area contributed by atoms with Gasteiger partial charge in [-0.15, -0.1) is 0 Å². The average molecular weight is 355 g/mol. The zero-order valence-corrected chi connectivity index (χ0v) is 14.5. The fourth-order valence-electron chi connectivity index (χ4n) is 2.52. The predicted molar refractivity (Wildman–Crippen MR) is 87.8 cm³/mol. The third-order valence-corrected chi connectivity index (χ3v) is 5.70. The molecule has 132 valence electrons. The van der Waals surface area contributed by atoms with Gasteiger partial charge in [-0.1, -0.05) is 0 Å². The number of hydrogen-bond acceptors (Lipinski definition) is 6. The number of nitrogen functional groups attached to an aromatic ring is 1. The number of ether oxygens (including phenoxy) is 1. The molecule has 0 radical (unpaired) electrons. The fourth-order valence-corrected chi connectivity index (χ4v) is 4.12. The van der Waals surface area contributed by atoms with Gasteiger partial charge in [0, 0.05) is 31.4 Å². The van der Waals surface area contributed by atoms with E-state index in [-0.39, 0.29) is 22.7 Å². The SMILES string of the molecule is COC(=O)CN(C)C(=O)c1cc(N)cc(S(=O)(=O)N2CCCC2)c1. The Morgan fingerprint density at radius 3 is 2.46 bits per heavy atom. The van der Waals surface area contributed by atoms with E-state index in [0.29, 0.717) is 13.1 Å². The largest absolute Gasteiger partial charge is 0.468 e. The van der Waals surface area contributed by atoms with Crippen molar-refractivity contribution in [3.63, 3.8) is 0 Å². The number of nitrogens with zero attached hydrogens (tertiary/aromatic N) is 2. The first-order chi connectivity index (χ1) is 11.3. The molecule has 8 nitrogen and oxygen atoms in total. The second kappa shape index (κ2) is 7.18. The van der Waals surface area contributed by atoms with E-state index in [0.717, 1.165) is 17.7 Å². The Labute approximate surface area is 141 Å². The molecule has 2 rings (SSSR count). The van der Waals surface area contributed by atoms with Crippen LogP contribution in [0.15, 0.2) is 23.1 Å². The van der Waals surface area contributed by atoms with Gasteiger partial charge in [-0.2, -0.15) is 4.31 Å². The van der Waals surface area contributed by atoms with Crippen LogP contribution in [-0.4, -0.2) is 63.3 Å². The molecule has 1 aromatic rings. The molecule has 1 aliphatic rings. The van der Waals surface area contributed by atoms with Crippen LogP contribution in [-0.2, 0) is 19.6 Å². The molecule has 0 spiro atoms. The molecule has 0 bridgehead atoms. The minimum atomic E-state index is -3.68. The summed E-state index contributed by atoms with van der Waals surface area (Å²) in [5, 5.41) is 0. The standard InChI is InChI=1S/C15H21N3O5S/c1-17(10-14(19)23-2)15(20)11-7-12(16)9-13(8-11)24(21,22)18-5-3-4-6-18/h7-9H,3-6,10,16H2,1-2H3. The molecule has 2 N–H and O–H groups in total. The molecule has 24 heavy (non-hydrogen) atoms. The van der Waals surface area contributed by atoms with E-state index >= 15 is 0 Å². The number of anilines is 1. The quantitative estimate of drug-likeness (QED) is 0.601. The van der Waals surface area contributed by atoms with Gasteiger partial charge in [0.05, 0.1) is 12.0 Å². The maximum atomic E-state index is 12.6. The Kier molecular flexibility index (Phi) is 5.45. The van der Waals surface area contributed by atoms with Crippen molar-refractivity contribution in [2.24, 2.45) is 0 Å². The van der Waals surface area contributed by atoms with Crippen LogP contribution < -0.4 is 5.73 Å². The molecular weight excluding hydrogens is 334 g/mol. The zero-order chi connectivity index (χ0) is 17.9. The molecule has 0 saturated carbocycles. The molecule has 1 aliphatic heterocycles. The lowest BCUT2D eigenvalue weighted by Gasteiger charge is -2.19. The maximum absolute atomic E-state index is 12.6. The molecule has 1 saturated heterocycles. The van der Waals surface area contributed by atoms with Gasteiger partial charge in [-0.25, -0.2) is 8.42 Å². The minimum Gasteiger partial charge on any atom is -0.468 e. The average Bonchev–Trinajstić information content (AvgIpc) is 3.08. The van der Waals surface area contributed by atoms with Crippen molar-refractivity contribution >= 4 is 27.6 Å². The highest BCUT2D eigenvalue weighted by Gasteiger charge is 2.28. The van der Waals surface area contributed by atoms with Crippen molar-refractivity contribution < 1.29 is 22.7 Å². The zero-order valence-electron chi connectivity index (χ0n) is 13.7. The number of rotatable bonds is 5. The third-order valence-electron chi connectivity index (χ3n) is 3.82. The van der Waals surface area contributed by atoms with E-state index in [4.69, 9.17) is 5.73 Å². The lowest BCUT2D eigenvalue weighted by atomic mass is 10.2. The summed E-state index contributed by atoms with van der Waals surface area (Å²) in [5.41, 5.74) is 6.06. The van der Waals surface area contributed by atoms with Crippen molar-refractivity contribution in [2.75, 3.05) is 39.5 Å². The van der Waals surface area contributed by atoms with Crippen LogP contribution in [0.25, 0.3) is 0 Å². The van der Waals surface area contributed by atoms with Crippen LogP contribution in [0, 0.1) is 0 Å². The van der Waals surface area contributed by atoms with Gasteiger partial charge < -0.3 is 15.4 Å². The summed E-state index contributed by atoms with van der Waals surface area (Å²) < 4.78 is 31.2. The molecule has 9 heteroatoms. The molecule has 0 aromatic heterocycles. The Morgan fingerprint density at radius 2 is 1.88 bits per heavy atom. The maximum Gasteiger partial charge on any atom is 0.325 e. The van der Waals surface area contributed by atoms with Crippen molar-refractivity contribution in [1.82, 2.24) is 9.21 Å². The van der Waals surface area contributed by atoms with Crippen LogP contribution in [0.3, 0.4) is 0 Å². The number of esters is 1. The molecule has 0 atom stereocenters. The highest BCUT2D eigenvalue weighted by atomic mass is 32.2. The smallest absolute Gasteiger partial charge is 0.325 e. The Bertz CT molecular complexity index is 741. The third kappa shape index (κ3) is 3.85. The van der Waals surface area contributed by atoms with Gasteiger partial charge in [-0.05, 0) is 31.0 Å². The van der Waals surface area contributed by atoms with Crippen molar-refractivity contribution in [3.05, 3.63) is 23.8 Å². The topological polar surface area (TPSA) is 110 Å². The number of nitrogens with two attached hydrogens (primary N) is 1. The molecular formula is C15H21N3O5S. The number of methoxy groups -OCH3 is 1. The van der Waals surface area contributed by atoms with E-state index in [1.165, 1.54) is 36.7 Å². The summed E-state index contributed by atoms with van der Waals surface area (Å²) in [6.45, 7) is 0.684. The number of carbonyl (C=O) groups excluding carboxylic acids is 2. The van der Waals surface area contributed by atoms with Crippen LogP contribution in [0.2, 0.25) is 0 Å². The normalized spacial score (nSPS) is 15.2. The predicted octanol–water partition coefficient (Wildman–Crippen LogP) is 0.298. The number of hydrogen-bond donors (Lipinski definition) is 1. The number of amides is 1. The van der Waals surface area contributed by atoms with Crippen molar-refractivity contribution in [3.8, 4) is 0 Å². The summed E-state index contributed by atoms with van der Waals surface area (Å²) in [7, 11) is -1.03. The first-order valence-electron chi connectivity index (χ1n) is 7.48. The molecule has 1 fully saturated rings. The number of carbonyl (C=O) groups is 2. The van der Waals surface area contributed by atoms with Gasteiger partial charge in [0.25, 0.3) is 5.91 Å². The molecule has 1 amide bonds. The fraction of sp³-hybridized carbons (Fsp3) is 0.467. The van der Waals surface area contributed by atoms with E-state index in [1.54, 1.807) is 0 Å². The van der Waals surface area contributed by atoms with E-state index in [1.807, 2.05) is 0 Å². The lowest BCUT2D eigenvalue weighted by molar-refractivity contribution is -0.141. The highest BCUT2D eigenvalue weighted by molar-refractivity contribution is 7.89. The summed E-state index contributed by atoms with van der Waals surface area (Å²) >= 11 is 0. The van der Waals surface area contributed by atoms with Crippen molar-refractivity contribution in [1.29, 1.82) is 0 Å². The number of benzene rings is 1. The Balaban J connectivity index is 2.31. The highest BCUT2D eigenvalue weighted by Crippen LogP contribution is 2.24. The van der Waals surface area contributed by atoms with E-state index in [2.05, 4.69) is 4.74 Å². The Morgan fingerprint density at radius 1 is 1.25 bits per heavy atom. The monoisotopic (exact) mass is 355 g/mol. The Hall–Kier alpha value is -2.13. The van der Waals surface area contributed by atoms with Crippen LogP contribution in [0.5, 0.6) is 0 Å². The van der Waals surface area contributed by atoms with Gasteiger partial charge in [-0.3, -0.25) is 9.59 Å². The lowest BCUT2D eigenvalue weighted by Crippen LogP contribution is -2.33. The molecule has 0 aliphatic carbocycles. The van der Waals surface area contributed by atoms with Crippen LogP contribution in [0.4, 0.5) is 5.69 Å². The summed E-state index contributed by atoms with van der Waals surface area (Å²) in [4.78, 5) is 24.8. The second-order valence-electron chi connectivity index (χ2n) is 5.64. The van der Waals surface area contributed by atoms with Gasteiger partial charge in [0.1, 0.15) is 6.54 Å². The molecule has 1 heterocycles. The molecule has 0 unspecified atom stereocenters. The van der Waals surface area contributed by atoms with Gasteiger partial charge in [0.15, 0.2) is 0 Å². The van der Waals surface area contributed by atoms with E-state index in [9.17, 15) is 18.0 Å². The summed E-state index contributed by atoms with van der Waals surface area (Å²) in [5.74, 6) is -1.08. The summed E-state index contributed by atoms with van der Waals surface area (Å²) in [6, 6.07) is 4.02. The molecule has 1 aromatic carbocycles. The summed E-state index contributed by atoms with van der Waals surface area (Å²) in [6.07, 6.45) is 1.63. The minimum absolute atomic E-state index is 0.0146. The van der Waals surface area contributed by atoms with Gasteiger partial charge >= 0.3 is 5.97 Å². The first kappa shape index (κ1) is 18.2. The van der Waals surface area contributed by atoms with Crippen LogP contribution in [0.1, 0.15) is 23.2 Å². The first-order valence-corrected chi connectivity index (χ1v) is 8.92. The number of likely N-dealkylation sites (N-methyl/N-ethyl adjacent to an activating group) is 1. The van der Waals surface area contributed by atoms with Gasteiger partial charge in [0.2, 0.25) is 10.0 Å². The van der Waals surface area contributed by atoms with Crippen LogP contribution >= 0.6 is 0 Å². The second-order valence-corrected chi connectivity index (χ2v) is 7.58. The van der Waals surface area contributed by atoms with Crippen molar-refractivity contribution in [2.45, 2.75) is 17.7 Å².